The van der Waals surface area contributed by atoms with E-state index in [-0.39, 0.29) is 24.2 Å². The fourth-order valence-corrected chi connectivity index (χ4v) is 2.43. The molecule has 0 fully saturated rings. The Morgan fingerprint density at radius 1 is 1.32 bits per heavy atom. The summed E-state index contributed by atoms with van der Waals surface area (Å²) in [5.41, 5.74) is 2.08. The van der Waals surface area contributed by atoms with Crippen LogP contribution >= 0.6 is 0 Å². The number of carbonyl (C=O) groups excluding carboxylic acids is 1. The lowest BCUT2D eigenvalue weighted by Gasteiger charge is -2.02. The van der Waals surface area contributed by atoms with Crippen LogP contribution in [0.15, 0.2) is 40.9 Å². The smallest absolute Gasteiger partial charge is 0.269 e. The molecule has 0 spiro atoms. The summed E-state index contributed by atoms with van der Waals surface area (Å²) in [7, 11) is 1.73. The Balaban J connectivity index is 1.68. The number of carbonyl (C=O) groups is 1. The van der Waals surface area contributed by atoms with Crippen molar-refractivity contribution in [2.45, 2.75) is 26.3 Å². The molecule has 7 heteroatoms. The standard InChI is InChI=1S/C18H19FN4O2/c1-11(2)15-9-17(23(3)21-15)18(24)20-10-12-8-16(22-25-12)13-6-4-5-7-14(13)19/h4-9,11H,10H2,1-3H3,(H,20,24). The van der Waals surface area contributed by atoms with Crippen LogP contribution < -0.4 is 5.32 Å². The summed E-state index contributed by atoms with van der Waals surface area (Å²) in [6, 6.07) is 9.70. The van der Waals surface area contributed by atoms with Gasteiger partial charge in [-0.05, 0) is 24.1 Å². The fourth-order valence-electron chi connectivity index (χ4n) is 2.43. The van der Waals surface area contributed by atoms with E-state index in [1.807, 2.05) is 13.8 Å². The van der Waals surface area contributed by atoms with Crippen molar-refractivity contribution in [2.24, 2.45) is 7.05 Å². The summed E-state index contributed by atoms with van der Waals surface area (Å²) < 4.78 is 20.5. The normalized spacial score (nSPS) is 11.1. The van der Waals surface area contributed by atoms with Gasteiger partial charge in [0, 0.05) is 18.7 Å². The number of nitrogens with zero attached hydrogens (tertiary/aromatic N) is 3. The maximum absolute atomic E-state index is 13.8. The molecule has 25 heavy (non-hydrogen) atoms. The van der Waals surface area contributed by atoms with Gasteiger partial charge in [-0.25, -0.2) is 4.39 Å². The summed E-state index contributed by atoms with van der Waals surface area (Å²) in [5, 5.41) is 10.9. The molecule has 130 valence electrons. The molecule has 6 nitrogen and oxygen atoms in total. The first-order valence-electron chi connectivity index (χ1n) is 7.98. The topological polar surface area (TPSA) is 73.0 Å². The first-order valence-corrected chi connectivity index (χ1v) is 7.98. The minimum absolute atomic E-state index is 0.155. The molecule has 1 aromatic carbocycles. The molecule has 0 radical (unpaired) electrons. The monoisotopic (exact) mass is 342 g/mol. The van der Waals surface area contributed by atoms with E-state index >= 15 is 0 Å². The largest absolute Gasteiger partial charge is 0.359 e. The van der Waals surface area contributed by atoms with Crippen LogP contribution in [0.5, 0.6) is 0 Å². The van der Waals surface area contributed by atoms with E-state index in [9.17, 15) is 9.18 Å². The lowest BCUT2D eigenvalue weighted by Crippen LogP contribution is -2.24. The van der Waals surface area contributed by atoms with Crippen molar-refractivity contribution in [3.8, 4) is 11.3 Å². The lowest BCUT2D eigenvalue weighted by atomic mass is 10.1. The molecule has 1 N–H and O–H groups in total. The third kappa shape index (κ3) is 3.60. The number of amides is 1. The Hall–Kier alpha value is -2.96. The van der Waals surface area contributed by atoms with Crippen LogP contribution in [-0.2, 0) is 13.6 Å². The number of rotatable bonds is 5. The van der Waals surface area contributed by atoms with E-state index in [4.69, 9.17) is 4.52 Å². The van der Waals surface area contributed by atoms with Gasteiger partial charge in [0.05, 0.1) is 12.2 Å². The number of hydrogen-bond donors (Lipinski definition) is 1. The average molecular weight is 342 g/mol. The Labute approximate surface area is 144 Å². The molecule has 2 aromatic heterocycles. The van der Waals surface area contributed by atoms with E-state index < -0.39 is 0 Å². The Bertz CT molecular complexity index is 898. The van der Waals surface area contributed by atoms with E-state index in [1.165, 1.54) is 6.07 Å². The second-order valence-corrected chi connectivity index (χ2v) is 6.07. The number of halogens is 1. The van der Waals surface area contributed by atoms with E-state index in [2.05, 4.69) is 15.6 Å². The number of aryl methyl sites for hydroxylation is 1. The predicted octanol–water partition coefficient (Wildman–Crippen LogP) is 3.27. The Morgan fingerprint density at radius 3 is 2.76 bits per heavy atom. The summed E-state index contributed by atoms with van der Waals surface area (Å²) >= 11 is 0. The molecule has 0 bridgehead atoms. The van der Waals surface area contributed by atoms with Crippen LogP contribution in [0.3, 0.4) is 0 Å². The van der Waals surface area contributed by atoms with Gasteiger partial charge < -0.3 is 9.84 Å². The highest BCUT2D eigenvalue weighted by Crippen LogP contribution is 2.22. The molecular weight excluding hydrogens is 323 g/mol. The number of nitrogens with one attached hydrogen (secondary N) is 1. The number of benzene rings is 1. The maximum Gasteiger partial charge on any atom is 0.269 e. The van der Waals surface area contributed by atoms with Gasteiger partial charge in [-0.15, -0.1) is 0 Å². The molecule has 0 aliphatic heterocycles. The van der Waals surface area contributed by atoms with Crippen molar-refractivity contribution in [3.05, 3.63) is 59.4 Å². The van der Waals surface area contributed by atoms with E-state index in [0.717, 1.165) is 5.69 Å². The molecule has 0 saturated heterocycles. The molecule has 3 rings (SSSR count). The molecule has 0 saturated carbocycles. The second-order valence-electron chi connectivity index (χ2n) is 6.07. The quantitative estimate of drug-likeness (QED) is 0.772. The summed E-state index contributed by atoms with van der Waals surface area (Å²) in [4.78, 5) is 12.3. The highest BCUT2D eigenvalue weighted by Gasteiger charge is 2.16. The Morgan fingerprint density at radius 2 is 2.08 bits per heavy atom. The van der Waals surface area contributed by atoms with Gasteiger partial charge in [0.2, 0.25) is 0 Å². The van der Waals surface area contributed by atoms with Gasteiger partial charge in [-0.1, -0.05) is 31.1 Å². The molecule has 1 amide bonds. The second kappa shape index (κ2) is 6.88. The summed E-state index contributed by atoms with van der Waals surface area (Å²) in [6.07, 6.45) is 0. The first kappa shape index (κ1) is 16.9. The van der Waals surface area contributed by atoms with E-state index in [0.29, 0.717) is 22.7 Å². The number of aromatic nitrogens is 3. The highest BCUT2D eigenvalue weighted by molar-refractivity contribution is 5.92. The highest BCUT2D eigenvalue weighted by atomic mass is 19.1. The molecule has 0 atom stereocenters. The molecule has 3 aromatic rings. The zero-order chi connectivity index (χ0) is 18.0. The van der Waals surface area contributed by atoms with Crippen molar-refractivity contribution in [3.63, 3.8) is 0 Å². The average Bonchev–Trinajstić information content (AvgIpc) is 3.20. The molecule has 0 aliphatic rings. The molecular formula is C18H19FN4O2. The summed E-state index contributed by atoms with van der Waals surface area (Å²) in [6.45, 7) is 4.19. The summed E-state index contributed by atoms with van der Waals surface area (Å²) in [5.74, 6) is 0.0523. The van der Waals surface area contributed by atoms with Crippen molar-refractivity contribution < 1.29 is 13.7 Å². The molecule has 0 unspecified atom stereocenters. The zero-order valence-corrected chi connectivity index (χ0v) is 14.3. The minimum Gasteiger partial charge on any atom is -0.359 e. The number of hydrogen-bond acceptors (Lipinski definition) is 4. The minimum atomic E-state index is -0.373. The third-order valence-corrected chi connectivity index (χ3v) is 3.85. The van der Waals surface area contributed by atoms with Gasteiger partial charge in [-0.3, -0.25) is 9.48 Å². The van der Waals surface area contributed by atoms with Gasteiger partial charge in [-0.2, -0.15) is 5.10 Å². The van der Waals surface area contributed by atoms with E-state index in [1.54, 1.807) is 42.1 Å². The van der Waals surface area contributed by atoms with Crippen molar-refractivity contribution in [1.29, 1.82) is 0 Å². The van der Waals surface area contributed by atoms with Crippen LogP contribution in [0.2, 0.25) is 0 Å². The first-order chi connectivity index (χ1) is 12.0. The van der Waals surface area contributed by atoms with Crippen LogP contribution in [0, 0.1) is 5.82 Å². The van der Waals surface area contributed by atoms with Gasteiger partial charge in [0.25, 0.3) is 5.91 Å². The van der Waals surface area contributed by atoms with Crippen molar-refractivity contribution in [2.75, 3.05) is 0 Å². The lowest BCUT2D eigenvalue weighted by molar-refractivity contribution is 0.0937. The van der Waals surface area contributed by atoms with Crippen molar-refractivity contribution in [1.82, 2.24) is 20.3 Å². The SMILES string of the molecule is CC(C)c1cc(C(=O)NCc2cc(-c3ccccc3F)no2)n(C)n1. The van der Waals surface area contributed by atoms with Crippen molar-refractivity contribution >= 4 is 5.91 Å². The predicted molar refractivity (Wildman–Crippen MR) is 90.4 cm³/mol. The zero-order valence-electron chi connectivity index (χ0n) is 14.3. The van der Waals surface area contributed by atoms with Crippen LogP contribution in [0.1, 0.15) is 41.7 Å². The molecule has 0 aliphatic carbocycles. The van der Waals surface area contributed by atoms with Crippen LogP contribution in [0.25, 0.3) is 11.3 Å². The van der Waals surface area contributed by atoms with Gasteiger partial charge in [0.1, 0.15) is 17.2 Å². The van der Waals surface area contributed by atoms with Crippen LogP contribution in [-0.4, -0.2) is 20.8 Å². The maximum atomic E-state index is 13.8. The molecule has 2 heterocycles. The fraction of sp³-hybridized carbons (Fsp3) is 0.278. The third-order valence-electron chi connectivity index (χ3n) is 3.85. The van der Waals surface area contributed by atoms with Gasteiger partial charge in [0.15, 0.2) is 5.76 Å². The Kier molecular flexibility index (Phi) is 4.65. The van der Waals surface area contributed by atoms with Gasteiger partial charge >= 0.3 is 0 Å². The van der Waals surface area contributed by atoms with Crippen LogP contribution in [0.4, 0.5) is 4.39 Å².